The molecular weight excluding hydrogens is 302 g/mol. The van der Waals surface area contributed by atoms with Gasteiger partial charge in [0.25, 0.3) is 5.91 Å². The number of amides is 1. The van der Waals surface area contributed by atoms with E-state index in [1.807, 2.05) is 35.2 Å². The number of hydrogen-bond acceptors (Lipinski definition) is 4. The van der Waals surface area contributed by atoms with E-state index < -0.39 is 0 Å². The van der Waals surface area contributed by atoms with Crippen molar-refractivity contribution in [1.82, 2.24) is 25.2 Å². The number of carbonyl (C=O) groups is 1. The van der Waals surface area contributed by atoms with E-state index in [2.05, 4.69) is 29.4 Å². The second kappa shape index (κ2) is 6.89. The molecule has 6 nitrogen and oxygen atoms in total. The van der Waals surface area contributed by atoms with Gasteiger partial charge >= 0.3 is 0 Å². The predicted molar refractivity (Wildman–Crippen MR) is 86.6 cm³/mol. The van der Waals surface area contributed by atoms with Crippen molar-refractivity contribution in [3.8, 4) is 5.69 Å². The van der Waals surface area contributed by atoms with Gasteiger partial charge < -0.3 is 10.2 Å². The first-order chi connectivity index (χ1) is 10.2. The van der Waals surface area contributed by atoms with Crippen molar-refractivity contribution in [3.63, 3.8) is 0 Å². The topological polar surface area (TPSA) is 63.1 Å². The molecule has 0 radical (unpaired) electrons. The summed E-state index contributed by atoms with van der Waals surface area (Å²) in [7, 11) is 0. The van der Waals surface area contributed by atoms with Crippen LogP contribution < -0.4 is 5.32 Å². The fourth-order valence-corrected chi connectivity index (χ4v) is 2.54. The zero-order valence-corrected chi connectivity index (χ0v) is 13.5. The summed E-state index contributed by atoms with van der Waals surface area (Å²) in [4.78, 5) is 15.9. The van der Waals surface area contributed by atoms with Gasteiger partial charge in [-0.3, -0.25) is 4.79 Å². The standard InChI is InChI=1S/C15H19N5O.ClH/c1-11-12(2)19(9-8-16-11)15(21)14-10-17-20(18-14)13-6-4-3-5-7-13;/h3-7,10-12,16H,8-9H2,1-2H3;1H. The predicted octanol–water partition coefficient (Wildman–Crippen LogP) is 1.51. The molecule has 2 unspecified atom stereocenters. The van der Waals surface area contributed by atoms with E-state index in [-0.39, 0.29) is 30.4 Å². The van der Waals surface area contributed by atoms with Gasteiger partial charge in [0.1, 0.15) is 0 Å². The Morgan fingerprint density at radius 3 is 2.73 bits per heavy atom. The van der Waals surface area contributed by atoms with E-state index in [0.717, 1.165) is 12.2 Å². The molecule has 1 aromatic heterocycles. The molecule has 1 N–H and O–H groups in total. The average molecular weight is 322 g/mol. The molecule has 1 fully saturated rings. The van der Waals surface area contributed by atoms with E-state index in [1.54, 1.807) is 0 Å². The SMILES string of the molecule is CC1NCCN(C(=O)c2cnn(-c3ccccc3)n2)C1C.Cl. The van der Waals surface area contributed by atoms with Crippen LogP contribution in [0.3, 0.4) is 0 Å². The summed E-state index contributed by atoms with van der Waals surface area (Å²) >= 11 is 0. The fraction of sp³-hybridized carbons (Fsp3) is 0.400. The van der Waals surface area contributed by atoms with E-state index in [1.165, 1.54) is 11.0 Å². The lowest BCUT2D eigenvalue weighted by atomic mass is 10.1. The number of halogens is 1. The number of nitrogens with one attached hydrogen (secondary N) is 1. The van der Waals surface area contributed by atoms with Crippen molar-refractivity contribution in [2.75, 3.05) is 13.1 Å². The molecule has 3 rings (SSSR count). The highest BCUT2D eigenvalue weighted by Gasteiger charge is 2.30. The van der Waals surface area contributed by atoms with Gasteiger partial charge in [-0.15, -0.1) is 17.5 Å². The summed E-state index contributed by atoms with van der Waals surface area (Å²) in [6, 6.07) is 10.0. The summed E-state index contributed by atoms with van der Waals surface area (Å²) in [5.41, 5.74) is 1.23. The van der Waals surface area contributed by atoms with Crippen LogP contribution in [0.2, 0.25) is 0 Å². The Kier molecular flexibility index (Phi) is 5.15. The van der Waals surface area contributed by atoms with Crippen molar-refractivity contribution in [2.24, 2.45) is 0 Å². The molecule has 1 amide bonds. The number of aromatic nitrogens is 3. The van der Waals surface area contributed by atoms with Crippen molar-refractivity contribution in [1.29, 1.82) is 0 Å². The highest BCUT2D eigenvalue weighted by atomic mass is 35.5. The molecule has 0 saturated carbocycles. The number of nitrogens with zero attached hydrogens (tertiary/aromatic N) is 4. The lowest BCUT2D eigenvalue weighted by molar-refractivity contribution is 0.0596. The summed E-state index contributed by atoms with van der Waals surface area (Å²) in [5, 5.41) is 11.9. The van der Waals surface area contributed by atoms with Crippen molar-refractivity contribution in [2.45, 2.75) is 25.9 Å². The number of benzene rings is 1. The molecule has 2 atom stereocenters. The molecule has 7 heteroatoms. The largest absolute Gasteiger partial charge is 0.332 e. The molecule has 2 heterocycles. The van der Waals surface area contributed by atoms with Crippen LogP contribution >= 0.6 is 12.4 Å². The molecule has 1 saturated heterocycles. The van der Waals surface area contributed by atoms with E-state index in [0.29, 0.717) is 12.2 Å². The van der Waals surface area contributed by atoms with Gasteiger partial charge in [-0.2, -0.15) is 9.90 Å². The van der Waals surface area contributed by atoms with Crippen molar-refractivity contribution >= 4 is 18.3 Å². The third-order valence-corrected chi connectivity index (χ3v) is 3.99. The summed E-state index contributed by atoms with van der Waals surface area (Å²) in [6.07, 6.45) is 1.54. The molecule has 118 valence electrons. The van der Waals surface area contributed by atoms with Gasteiger partial charge in [0.05, 0.1) is 11.9 Å². The third-order valence-electron chi connectivity index (χ3n) is 3.99. The molecule has 1 aromatic carbocycles. The Balaban J connectivity index is 0.00000176. The van der Waals surface area contributed by atoms with Crippen LogP contribution in [-0.2, 0) is 0 Å². The third kappa shape index (κ3) is 3.13. The van der Waals surface area contributed by atoms with E-state index in [4.69, 9.17) is 0 Å². The minimum Gasteiger partial charge on any atom is -0.332 e. The maximum Gasteiger partial charge on any atom is 0.276 e. The monoisotopic (exact) mass is 321 g/mol. The number of hydrogen-bond donors (Lipinski definition) is 1. The van der Waals surface area contributed by atoms with Gasteiger partial charge in [-0.25, -0.2) is 0 Å². The second-order valence-electron chi connectivity index (χ2n) is 5.34. The molecule has 0 aliphatic carbocycles. The molecule has 22 heavy (non-hydrogen) atoms. The van der Waals surface area contributed by atoms with Gasteiger partial charge in [0.2, 0.25) is 0 Å². The van der Waals surface area contributed by atoms with Gasteiger partial charge in [0, 0.05) is 25.2 Å². The average Bonchev–Trinajstić information content (AvgIpc) is 3.00. The van der Waals surface area contributed by atoms with Crippen LogP contribution in [0.15, 0.2) is 36.5 Å². The lowest BCUT2D eigenvalue weighted by Crippen LogP contribution is -2.57. The fourth-order valence-electron chi connectivity index (χ4n) is 2.54. The number of carbonyl (C=O) groups excluding carboxylic acids is 1. The maximum atomic E-state index is 12.6. The van der Waals surface area contributed by atoms with E-state index >= 15 is 0 Å². The van der Waals surface area contributed by atoms with Gasteiger partial charge in [-0.1, -0.05) is 18.2 Å². The number of rotatable bonds is 2. The zero-order valence-electron chi connectivity index (χ0n) is 12.6. The minimum absolute atomic E-state index is 0. The first-order valence-electron chi connectivity index (χ1n) is 7.19. The quantitative estimate of drug-likeness (QED) is 0.910. The van der Waals surface area contributed by atoms with Crippen LogP contribution in [0.5, 0.6) is 0 Å². The van der Waals surface area contributed by atoms with Crippen LogP contribution in [0, 0.1) is 0 Å². The lowest BCUT2D eigenvalue weighted by Gasteiger charge is -2.38. The molecule has 0 bridgehead atoms. The summed E-state index contributed by atoms with van der Waals surface area (Å²) in [6.45, 7) is 5.65. The smallest absolute Gasteiger partial charge is 0.276 e. The Bertz CT molecular complexity index is 630. The maximum absolute atomic E-state index is 12.6. The Morgan fingerprint density at radius 2 is 2.00 bits per heavy atom. The highest BCUT2D eigenvalue weighted by Crippen LogP contribution is 2.13. The van der Waals surface area contributed by atoms with Gasteiger partial charge in [-0.05, 0) is 26.0 Å². The molecule has 1 aliphatic rings. The van der Waals surface area contributed by atoms with Crippen LogP contribution in [0.1, 0.15) is 24.3 Å². The highest BCUT2D eigenvalue weighted by molar-refractivity contribution is 5.92. The normalized spacial score (nSPS) is 21.3. The van der Waals surface area contributed by atoms with Crippen molar-refractivity contribution < 1.29 is 4.79 Å². The second-order valence-corrected chi connectivity index (χ2v) is 5.34. The minimum atomic E-state index is -0.0574. The Hall–Kier alpha value is -1.92. The number of para-hydroxylation sites is 1. The van der Waals surface area contributed by atoms with Crippen LogP contribution in [0.25, 0.3) is 5.69 Å². The molecular formula is C15H20ClN5O. The van der Waals surface area contributed by atoms with Gasteiger partial charge in [0.15, 0.2) is 5.69 Å². The molecule has 1 aliphatic heterocycles. The Labute approximate surface area is 135 Å². The Morgan fingerprint density at radius 1 is 1.27 bits per heavy atom. The van der Waals surface area contributed by atoms with E-state index in [9.17, 15) is 4.79 Å². The summed E-state index contributed by atoms with van der Waals surface area (Å²) < 4.78 is 0. The summed E-state index contributed by atoms with van der Waals surface area (Å²) in [5.74, 6) is -0.0574. The molecule has 0 spiro atoms. The van der Waals surface area contributed by atoms with Crippen LogP contribution in [-0.4, -0.2) is 51.0 Å². The first kappa shape index (κ1) is 16.5. The molecule has 2 aromatic rings. The van der Waals surface area contributed by atoms with Crippen LogP contribution in [0.4, 0.5) is 0 Å². The zero-order chi connectivity index (χ0) is 14.8. The first-order valence-corrected chi connectivity index (χ1v) is 7.19. The number of piperazine rings is 1. The van der Waals surface area contributed by atoms with Crippen molar-refractivity contribution in [3.05, 3.63) is 42.2 Å².